The first-order valence-electron chi connectivity index (χ1n) is 11.6. The first-order valence-corrected chi connectivity index (χ1v) is 14.9. The quantitative estimate of drug-likeness (QED) is 0.212. The molecule has 17 heteroatoms. The molecule has 0 radical (unpaired) electrons. The maximum Gasteiger partial charge on any atom is 0.479 e. The van der Waals surface area contributed by atoms with Gasteiger partial charge in [0.05, 0.1) is 12.8 Å². The van der Waals surface area contributed by atoms with Gasteiger partial charge in [0.15, 0.2) is 12.3 Å². The van der Waals surface area contributed by atoms with Crippen LogP contribution in [0.4, 0.5) is 10.5 Å². The number of phosphoric acid groups is 1. The van der Waals surface area contributed by atoms with Gasteiger partial charge < -0.3 is 24.4 Å². The van der Waals surface area contributed by atoms with Gasteiger partial charge in [-0.1, -0.05) is 48.5 Å². The summed E-state index contributed by atoms with van der Waals surface area (Å²) >= 11 is 0. The Hall–Kier alpha value is -3.39. The number of amides is 1. The van der Waals surface area contributed by atoms with Crippen LogP contribution in [0.25, 0.3) is 0 Å². The van der Waals surface area contributed by atoms with Crippen molar-refractivity contribution in [3.05, 3.63) is 99.3 Å². The lowest BCUT2D eigenvalue weighted by molar-refractivity contribution is -0.0543. The number of aliphatic hydroxyl groups excluding tert-OH is 1. The van der Waals surface area contributed by atoms with E-state index in [9.17, 15) is 38.4 Å². The summed E-state index contributed by atoms with van der Waals surface area (Å²) < 4.78 is 46.1. The van der Waals surface area contributed by atoms with Crippen LogP contribution in [0.3, 0.4) is 0 Å². The summed E-state index contributed by atoms with van der Waals surface area (Å²) in [5, 5.41) is 13.3. The number of aliphatic hydroxyl groups is 1. The fraction of sp³-hybridized carbons (Fsp3) is 0.261. The smallest absolute Gasteiger partial charge is 0.440 e. The highest BCUT2D eigenvalue weighted by Crippen LogP contribution is 2.61. The molecule has 1 aliphatic rings. The first-order chi connectivity index (χ1) is 18.9. The number of ether oxygens (including phenoxy) is 2. The summed E-state index contributed by atoms with van der Waals surface area (Å²) in [6.45, 7) is -0.881. The number of rotatable bonds is 10. The van der Waals surface area contributed by atoms with Crippen LogP contribution in [0, 0.1) is 0 Å². The van der Waals surface area contributed by atoms with Crippen molar-refractivity contribution in [3.8, 4) is 0 Å². The molecular weight excluding hydrogens is 572 g/mol. The van der Waals surface area contributed by atoms with Gasteiger partial charge in [-0.15, -0.1) is 0 Å². The largest absolute Gasteiger partial charge is 0.479 e. The Balaban J connectivity index is 1.49. The Kier molecular flexibility index (Phi) is 9.19. The third-order valence-corrected chi connectivity index (χ3v) is 8.64. The molecular formula is C23H25N3O12P2. The van der Waals surface area contributed by atoms with Gasteiger partial charge in [-0.25, -0.2) is 18.5 Å². The zero-order valence-corrected chi connectivity index (χ0v) is 22.3. The molecule has 4 rings (SSSR count). The van der Waals surface area contributed by atoms with Crippen LogP contribution in [0.5, 0.6) is 0 Å². The lowest BCUT2D eigenvalue weighted by Gasteiger charge is -2.22. The van der Waals surface area contributed by atoms with E-state index in [2.05, 4.69) is 9.63 Å². The highest BCUT2D eigenvalue weighted by atomic mass is 31.3. The molecule has 6 atom stereocenters. The Morgan fingerprint density at radius 3 is 2.33 bits per heavy atom. The molecule has 0 aliphatic carbocycles. The topological polar surface area (TPSA) is 216 Å². The summed E-state index contributed by atoms with van der Waals surface area (Å²) in [6, 6.07) is 17.0. The highest BCUT2D eigenvalue weighted by molar-refractivity contribution is 7.63. The second-order valence-corrected chi connectivity index (χ2v) is 12.0. The number of phosphoric ester groups is 1. The first kappa shape index (κ1) is 29.6. The van der Waals surface area contributed by atoms with Crippen molar-refractivity contribution in [3.63, 3.8) is 0 Å². The monoisotopic (exact) mass is 597 g/mol. The molecule has 0 bridgehead atoms. The molecule has 2 aromatic carbocycles. The predicted octanol–water partition coefficient (Wildman–Crippen LogP) is 1.93. The number of carbonyl (C=O) groups excluding carboxylic acids is 1. The van der Waals surface area contributed by atoms with E-state index in [1.165, 1.54) is 12.1 Å². The number of nitrogens with zero attached hydrogens (tertiary/aromatic N) is 1. The van der Waals surface area contributed by atoms with E-state index in [4.69, 9.17) is 14.0 Å². The van der Waals surface area contributed by atoms with Crippen molar-refractivity contribution < 1.29 is 47.1 Å². The van der Waals surface area contributed by atoms with E-state index in [1.54, 1.807) is 48.5 Å². The Bertz CT molecular complexity index is 1530. The SMILES string of the molecule is O=C(Nc1ccccc1)O[C@@H]1C(O)[C@H](n2ccc(=O)[nH]c2=O)O[C@@H]1COP(=O)(O)OP(=O)(O)Cc1ccccc1. The summed E-state index contributed by atoms with van der Waals surface area (Å²) in [4.78, 5) is 58.4. The van der Waals surface area contributed by atoms with Crippen molar-refractivity contribution >= 4 is 27.2 Å². The van der Waals surface area contributed by atoms with E-state index in [-0.39, 0.29) is 0 Å². The van der Waals surface area contributed by atoms with Crippen molar-refractivity contribution in [2.75, 3.05) is 11.9 Å². The van der Waals surface area contributed by atoms with Gasteiger partial charge in [-0.3, -0.25) is 28.8 Å². The summed E-state index contributed by atoms with van der Waals surface area (Å²) in [5.74, 6) is 0. The molecule has 214 valence electrons. The van der Waals surface area contributed by atoms with E-state index in [0.29, 0.717) is 11.3 Å². The van der Waals surface area contributed by atoms with Crippen molar-refractivity contribution in [1.82, 2.24) is 9.55 Å². The molecule has 2 heterocycles. The Labute approximate surface area is 226 Å². The number of H-pyrrole nitrogens is 1. The van der Waals surface area contributed by atoms with Gasteiger partial charge in [-0.05, 0) is 17.7 Å². The molecule has 15 nitrogen and oxygen atoms in total. The summed E-state index contributed by atoms with van der Waals surface area (Å²) in [7, 11) is -9.85. The van der Waals surface area contributed by atoms with Gasteiger partial charge in [0.2, 0.25) is 0 Å². The number of aromatic amines is 1. The molecule has 3 aromatic rings. The molecule has 0 spiro atoms. The molecule has 40 heavy (non-hydrogen) atoms. The van der Waals surface area contributed by atoms with E-state index in [0.717, 1.165) is 16.8 Å². The molecule has 1 saturated heterocycles. The minimum absolute atomic E-state index is 0.354. The van der Waals surface area contributed by atoms with Crippen LogP contribution in [-0.4, -0.2) is 55.5 Å². The van der Waals surface area contributed by atoms with E-state index >= 15 is 0 Å². The van der Waals surface area contributed by atoms with Crippen LogP contribution in [0.1, 0.15) is 11.8 Å². The molecule has 1 aromatic heterocycles. The van der Waals surface area contributed by atoms with E-state index < -0.39 is 70.1 Å². The summed E-state index contributed by atoms with van der Waals surface area (Å²) in [6.07, 6.45) is -6.87. The molecule has 1 aliphatic heterocycles. The van der Waals surface area contributed by atoms with Crippen LogP contribution in [0.15, 0.2) is 82.5 Å². The van der Waals surface area contributed by atoms with Crippen LogP contribution in [0.2, 0.25) is 0 Å². The zero-order valence-electron chi connectivity index (χ0n) is 20.5. The van der Waals surface area contributed by atoms with E-state index in [1.807, 2.05) is 4.98 Å². The number of benzene rings is 2. The van der Waals surface area contributed by atoms with Crippen molar-refractivity contribution in [2.24, 2.45) is 0 Å². The zero-order chi connectivity index (χ0) is 28.9. The number of carbonyl (C=O) groups is 1. The third-order valence-electron chi connectivity index (χ3n) is 5.56. The number of hydrogen-bond donors (Lipinski definition) is 5. The van der Waals surface area contributed by atoms with Gasteiger partial charge in [0.25, 0.3) is 5.56 Å². The van der Waals surface area contributed by atoms with Crippen molar-refractivity contribution in [2.45, 2.75) is 30.7 Å². The summed E-state index contributed by atoms with van der Waals surface area (Å²) in [5.41, 5.74) is -0.954. The number of nitrogens with one attached hydrogen (secondary N) is 2. The predicted molar refractivity (Wildman–Crippen MR) is 138 cm³/mol. The van der Waals surface area contributed by atoms with Crippen LogP contribution >= 0.6 is 15.4 Å². The fourth-order valence-corrected chi connectivity index (χ4v) is 6.56. The molecule has 3 unspecified atom stereocenters. The lowest BCUT2D eigenvalue weighted by atomic mass is 10.1. The normalized spacial score (nSPS) is 23.6. The molecule has 1 fully saturated rings. The highest BCUT2D eigenvalue weighted by Gasteiger charge is 2.49. The minimum atomic E-state index is -5.19. The molecule has 1 amide bonds. The number of hydrogen-bond acceptors (Lipinski definition) is 10. The maximum absolute atomic E-state index is 12.5. The van der Waals surface area contributed by atoms with Crippen molar-refractivity contribution in [1.29, 1.82) is 0 Å². The standard InChI is InChI=1S/C23H25N3O12P2/c27-18-11-12-26(22(29)25-18)21-19(28)20(37-23(30)24-16-9-5-2-6-10-16)17(36-21)13-35-40(33,34)38-39(31,32)14-15-7-3-1-4-8-15/h1-12,17,19-21,28H,13-14H2,(H,24,30)(H,31,32)(H,33,34)(H,25,27,29)/t17-,19?,20+,21-/m1/s1. The van der Waals surface area contributed by atoms with Gasteiger partial charge in [-0.2, -0.15) is 0 Å². The van der Waals surface area contributed by atoms with Gasteiger partial charge in [0, 0.05) is 18.0 Å². The average molecular weight is 597 g/mol. The fourth-order valence-electron chi connectivity index (χ4n) is 3.84. The number of anilines is 1. The van der Waals surface area contributed by atoms with Gasteiger partial charge >= 0.3 is 27.2 Å². The molecule has 5 N–H and O–H groups in total. The average Bonchev–Trinajstić information content (AvgIpc) is 3.18. The van der Waals surface area contributed by atoms with Crippen LogP contribution < -0.4 is 16.6 Å². The van der Waals surface area contributed by atoms with Crippen LogP contribution in [-0.2, 0) is 33.6 Å². The lowest BCUT2D eigenvalue weighted by Crippen LogP contribution is -2.40. The number of aromatic nitrogens is 2. The second kappa shape index (κ2) is 12.4. The minimum Gasteiger partial charge on any atom is -0.440 e. The Morgan fingerprint density at radius 1 is 1.02 bits per heavy atom. The van der Waals surface area contributed by atoms with Gasteiger partial charge in [0.1, 0.15) is 12.2 Å². The molecule has 0 saturated carbocycles. The second-order valence-electron chi connectivity index (χ2n) is 8.56. The third kappa shape index (κ3) is 7.84. The number of para-hydroxylation sites is 1. The Morgan fingerprint density at radius 2 is 1.68 bits per heavy atom. The maximum atomic E-state index is 12.5.